The topological polar surface area (TPSA) is 47.4 Å². The summed E-state index contributed by atoms with van der Waals surface area (Å²) in [5.41, 5.74) is 3.70. The fourth-order valence-corrected chi connectivity index (χ4v) is 5.77. The Kier molecular flexibility index (Phi) is 9.08. The standard InChI is InChI=1S/C32H30FN3O2S2/c1-2-3-4-10-18-35-31(37)29(40-32(35)39)20-25-21-36(26-14-6-5-7-15-26)34-30(25)23-13-11-16-27(19-23)38-22-24-12-8-9-17-28(24)33/h5-9,11-17,19-21H,2-4,10,18,22H2,1H3/b29-20-. The lowest BCUT2D eigenvalue weighted by atomic mass is 10.1. The molecule has 0 saturated carbocycles. The molecule has 1 saturated heterocycles. The number of ether oxygens (including phenoxy) is 1. The molecular weight excluding hydrogens is 542 g/mol. The van der Waals surface area contributed by atoms with Crippen LogP contribution in [0, 0.1) is 5.82 Å². The number of aromatic nitrogens is 2. The summed E-state index contributed by atoms with van der Waals surface area (Å²) in [5.74, 6) is 0.233. The molecule has 0 bridgehead atoms. The van der Waals surface area contributed by atoms with Crippen molar-refractivity contribution in [3.05, 3.63) is 107 Å². The van der Waals surface area contributed by atoms with Gasteiger partial charge in [-0.05, 0) is 42.8 Å². The molecule has 0 atom stereocenters. The largest absolute Gasteiger partial charge is 0.489 e. The number of thioether (sulfide) groups is 1. The van der Waals surface area contributed by atoms with E-state index in [0.717, 1.165) is 42.5 Å². The van der Waals surface area contributed by atoms with Gasteiger partial charge < -0.3 is 4.74 Å². The molecule has 0 N–H and O–H groups in total. The molecule has 0 spiro atoms. The number of hydrogen-bond acceptors (Lipinski definition) is 5. The molecule has 1 fully saturated rings. The Morgan fingerprint density at radius 1 is 1.00 bits per heavy atom. The van der Waals surface area contributed by atoms with Crippen molar-refractivity contribution in [3.63, 3.8) is 0 Å². The summed E-state index contributed by atoms with van der Waals surface area (Å²) in [6.07, 6.45) is 8.10. The van der Waals surface area contributed by atoms with E-state index in [1.807, 2.05) is 66.9 Å². The van der Waals surface area contributed by atoms with E-state index in [4.69, 9.17) is 22.1 Å². The number of amides is 1. The lowest BCUT2D eigenvalue weighted by molar-refractivity contribution is -0.122. The zero-order valence-corrected chi connectivity index (χ0v) is 23.9. The third kappa shape index (κ3) is 6.51. The van der Waals surface area contributed by atoms with Gasteiger partial charge in [-0.15, -0.1) is 0 Å². The number of hydrogen-bond donors (Lipinski definition) is 0. The number of thiocarbonyl (C=S) groups is 1. The van der Waals surface area contributed by atoms with Gasteiger partial charge in [0, 0.05) is 29.4 Å². The summed E-state index contributed by atoms with van der Waals surface area (Å²) in [5, 5.41) is 4.89. The van der Waals surface area contributed by atoms with E-state index in [9.17, 15) is 9.18 Å². The first kappa shape index (κ1) is 27.8. The van der Waals surface area contributed by atoms with Gasteiger partial charge in [-0.1, -0.05) is 98.7 Å². The Morgan fingerprint density at radius 2 is 1.80 bits per heavy atom. The average molecular weight is 572 g/mol. The average Bonchev–Trinajstić information content (AvgIpc) is 3.51. The van der Waals surface area contributed by atoms with Crippen LogP contribution in [0.1, 0.15) is 43.7 Å². The summed E-state index contributed by atoms with van der Waals surface area (Å²) < 4.78 is 22.4. The molecule has 5 rings (SSSR count). The fourth-order valence-electron chi connectivity index (χ4n) is 4.47. The summed E-state index contributed by atoms with van der Waals surface area (Å²) in [6, 6.07) is 23.9. The SMILES string of the molecule is CCCCCCN1C(=O)/C(=C/c2cn(-c3ccccc3)nc2-c2cccc(OCc3ccccc3F)c2)SC1=S. The van der Waals surface area contributed by atoms with Crippen LogP contribution in [0.25, 0.3) is 23.0 Å². The summed E-state index contributed by atoms with van der Waals surface area (Å²) >= 11 is 6.89. The molecule has 5 nitrogen and oxygen atoms in total. The Labute approximate surface area is 243 Å². The molecule has 1 amide bonds. The van der Waals surface area contributed by atoms with Crippen molar-refractivity contribution in [1.82, 2.24) is 14.7 Å². The third-order valence-electron chi connectivity index (χ3n) is 6.62. The van der Waals surface area contributed by atoms with Crippen molar-refractivity contribution < 1.29 is 13.9 Å². The van der Waals surface area contributed by atoms with Crippen LogP contribution in [-0.4, -0.2) is 31.5 Å². The molecule has 0 aliphatic carbocycles. The van der Waals surface area contributed by atoms with Gasteiger partial charge in [0.25, 0.3) is 5.91 Å². The van der Waals surface area contributed by atoms with Crippen molar-refractivity contribution in [2.24, 2.45) is 0 Å². The van der Waals surface area contributed by atoms with E-state index in [0.29, 0.717) is 32.8 Å². The Hall–Kier alpha value is -3.75. The zero-order valence-electron chi connectivity index (χ0n) is 22.3. The van der Waals surface area contributed by atoms with Gasteiger partial charge in [0.15, 0.2) is 0 Å². The van der Waals surface area contributed by atoms with Gasteiger partial charge in [-0.25, -0.2) is 9.07 Å². The number of carbonyl (C=O) groups is 1. The first-order valence-corrected chi connectivity index (χ1v) is 14.6. The second kappa shape index (κ2) is 13.1. The van der Waals surface area contributed by atoms with E-state index in [2.05, 4.69) is 6.92 Å². The molecule has 3 aromatic carbocycles. The number of carbonyl (C=O) groups excluding carboxylic acids is 1. The molecule has 2 heterocycles. The zero-order chi connectivity index (χ0) is 27.9. The third-order valence-corrected chi connectivity index (χ3v) is 8.00. The quantitative estimate of drug-likeness (QED) is 0.104. The van der Waals surface area contributed by atoms with Crippen molar-refractivity contribution >= 4 is 40.3 Å². The Bertz CT molecular complexity index is 1530. The summed E-state index contributed by atoms with van der Waals surface area (Å²) in [6.45, 7) is 2.92. The van der Waals surface area contributed by atoms with Gasteiger partial charge >= 0.3 is 0 Å². The van der Waals surface area contributed by atoms with Crippen LogP contribution < -0.4 is 4.74 Å². The normalized spacial score (nSPS) is 14.3. The smallest absolute Gasteiger partial charge is 0.266 e. The summed E-state index contributed by atoms with van der Waals surface area (Å²) in [4.78, 5) is 15.6. The van der Waals surface area contributed by atoms with Gasteiger partial charge in [0.1, 0.15) is 28.2 Å². The monoisotopic (exact) mass is 571 g/mol. The minimum Gasteiger partial charge on any atom is -0.489 e. The van der Waals surface area contributed by atoms with Gasteiger partial charge in [0.2, 0.25) is 0 Å². The maximum absolute atomic E-state index is 14.1. The highest BCUT2D eigenvalue weighted by Crippen LogP contribution is 2.35. The molecule has 8 heteroatoms. The lowest BCUT2D eigenvalue weighted by Crippen LogP contribution is -2.29. The minimum absolute atomic E-state index is 0.0631. The van der Waals surface area contributed by atoms with Crippen molar-refractivity contribution in [1.29, 1.82) is 0 Å². The van der Waals surface area contributed by atoms with Crippen molar-refractivity contribution in [2.75, 3.05) is 6.54 Å². The highest BCUT2D eigenvalue weighted by Gasteiger charge is 2.32. The molecular formula is C32H30FN3O2S2. The maximum Gasteiger partial charge on any atom is 0.266 e. The molecule has 1 aliphatic heterocycles. The minimum atomic E-state index is -0.301. The van der Waals surface area contributed by atoms with Crippen LogP contribution in [0.3, 0.4) is 0 Å². The van der Waals surface area contributed by atoms with E-state index in [-0.39, 0.29) is 18.3 Å². The molecule has 40 heavy (non-hydrogen) atoms. The van der Waals surface area contributed by atoms with Crippen molar-refractivity contribution in [3.8, 4) is 22.7 Å². The second-order valence-electron chi connectivity index (χ2n) is 9.52. The van der Waals surface area contributed by atoms with Crippen LogP contribution in [0.5, 0.6) is 5.75 Å². The molecule has 204 valence electrons. The van der Waals surface area contributed by atoms with E-state index in [1.54, 1.807) is 27.8 Å². The maximum atomic E-state index is 14.1. The van der Waals surface area contributed by atoms with Crippen LogP contribution >= 0.6 is 24.0 Å². The Morgan fingerprint density at radius 3 is 2.60 bits per heavy atom. The lowest BCUT2D eigenvalue weighted by Gasteiger charge is -2.13. The first-order valence-electron chi connectivity index (χ1n) is 13.4. The molecule has 4 aromatic rings. The number of halogens is 1. The van der Waals surface area contributed by atoms with E-state index >= 15 is 0 Å². The number of rotatable bonds is 11. The van der Waals surface area contributed by atoms with Crippen LogP contribution in [0.2, 0.25) is 0 Å². The number of benzene rings is 3. The first-order chi connectivity index (χ1) is 19.5. The van der Waals surface area contributed by atoms with Gasteiger partial charge in [-0.3, -0.25) is 9.69 Å². The molecule has 1 aromatic heterocycles. The van der Waals surface area contributed by atoms with E-state index in [1.165, 1.54) is 17.8 Å². The molecule has 1 aliphatic rings. The summed E-state index contributed by atoms with van der Waals surface area (Å²) in [7, 11) is 0. The fraction of sp³-hybridized carbons (Fsp3) is 0.219. The van der Waals surface area contributed by atoms with Crippen LogP contribution in [0.4, 0.5) is 4.39 Å². The number of nitrogens with zero attached hydrogens (tertiary/aromatic N) is 3. The molecule has 0 radical (unpaired) electrons. The van der Waals surface area contributed by atoms with Crippen LogP contribution in [0.15, 0.2) is 90.0 Å². The number of para-hydroxylation sites is 1. The molecule has 0 unspecified atom stereocenters. The highest BCUT2D eigenvalue weighted by atomic mass is 32.2. The second-order valence-corrected chi connectivity index (χ2v) is 11.2. The Balaban J connectivity index is 1.45. The van der Waals surface area contributed by atoms with E-state index < -0.39 is 0 Å². The van der Waals surface area contributed by atoms with Gasteiger partial charge in [-0.2, -0.15) is 5.10 Å². The van der Waals surface area contributed by atoms with Crippen LogP contribution in [-0.2, 0) is 11.4 Å². The highest BCUT2D eigenvalue weighted by molar-refractivity contribution is 8.26. The number of unbranched alkanes of at least 4 members (excludes halogenated alkanes) is 3. The predicted octanol–water partition coefficient (Wildman–Crippen LogP) is 8.04. The predicted molar refractivity (Wildman–Crippen MR) is 164 cm³/mol. The van der Waals surface area contributed by atoms with Crippen molar-refractivity contribution in [2.45, 2.75) is 39.2 Å². The van der Waals surface area contributed by atoms with Gasteiger partial charge in [0.05, 0.1) is 10.6 Å².